The second-order valence-corrected chi connectivity index (χ2v) is 6.91. The summed E-state index contributed by atoms with van der Waals surface area (Å²) in [7, 11) is 2.25. The van der Waals surface area contributed by atoms with Gasteiger partial charge in [-0.2, -0.15) is 0 Å². The lowest BCUT2D eigenvalue weighted by Crippen LogP contribution is -2.35. The molecule has 2 nitrogen and oxygen atoms in total. The highest BCUT2D eigenvalue weighted by atomic mass is 79.9. The molecule has 1 saturated carbocycles. The number of rotatable bonds is 7. The van der Waals surface area contributed by atoms with Crippen molar-refractivity contribution < 1.29 is 4.39 Å². The van der Waals surface area contributed by atoms with E-state index in [0.29, 0.717) is 4.47 Å². The quantitative estimate of drug-likeness (QED) is 0.731. The number of benzene rings is 1. The van der Waals surface area contributed by atoms with Crippen LogP contribution in [0.4, 0.5) is 4.39 Å². The van der Waals surface area contributed by atoms with Gasteiger partial charge >= 0.3 is 0 Å². The molecule has 0 aromatic heterocycles. The van der Waals surface area contributed by atoms with E-state index in [2.05, 4.69) is 33.2 Å². The lowest BCUT2D eigenvalue weighted by molar-refractivity contribution is 0.189. The predicted molar refractivity (Wildman–Crippen MR) is 89.9 cm³/mol. The van der Waals surface area contributed by atoms with Crippen molar-refractivity contribution in [1.82, 2.24) is 10.2 Å². The summed E-state index contributed by atoms with van der Waals surface area (Å²) in [4.78, 5) is 2.51. The Balaban J connectivity index is 1.60. The van der Waals surface area contributed by atoms with Gasteiger partial charge in [-0.1, -0.05) is 25.3 Å². The Bertz CT molecular complexity index is 433. The zero-order valence-corrected chi connectivity index (χ0v) is 14.5. The molecule has 1 aliphatic rings. The van der Waals surface area contributed by atoms with Gasteiger partial charge in [-0.25, -0.2) is 4.39 Å². The second kappa shape index (κ2) is 8.86. The molecule has 0 bridgehead atoms. The van der Waals surface area contributed by atoms with E-state index in [0.717, 1.165) is 37.7 Å². The SMILES string of the molecule is CN(CCCNCc1ccc(Br)c(F)c1)C1CCCCC1. The molecule has 21 heavy (non-hydrogen) atoms. The monoisotopic (exact) mass is 356 g/mol. The van der Waals surface area contributed by atoms with Gasteiger partial charge in [0.05, 0.1) is 4.47 Å². The van der Waals surface area contributed by atoms with Crippen molar-refractivity contribution in [2.75, 3.05) is 20.1 Å². The third-order valence-corrected chi connectivity index (χ3v) is 5.02. The van der Waals surface area contributed by atoms with Crippen LogP contribution in [0.2, 0.25) is 0 Å². The topological polar surface area (TPSA) is 15.3 Å². The summed E-state index contributed by atoms with van der Waals surface area (Å²) in [6.45, 7) is 2.86. The van der Waals surface area contributed by atoms with E-state index in [1.807, 2.05) is 6.07 Å². The van der Waals surface area contributed by atoms with Gasteiger partial charge < -0.3 is 10.2 Å². The molecule has 118 valence electrons. The van der Waals surface area contributed by atoms with Crippen molar-refractivity contribution in [3.63, 3.8) is 0 Å². The third kappa shape index (κ3) is 5.68. The van der Waals surface area contributed by atoms with E-state index in [4.69, 9.17) is 0 Å². The molecule has 1 N–H and O–H groups in total. The van der Waals surface area contributed by atoms with Gasteiger partial charge in [-0.05, 0) is 73.0 Å². The maximum Gasteiger partial charge on any atom is 0.137 e. The van der Waals surface area contributed by atoms with Gasteiger partial charge in [-0.15, -0.1) is 0 Å². The number of halogens is 2. The molecule has 1 aromatic rings. The molecule has 2 rings (SSSR count). The first-order chi connectivity index (χ1) is 10.2. The minimum atomic E-state index is -0.189. The summed E-state index contributed by atoms with van der Waals surface area (Å²) in [6, 6.07) is 6.10. The van der Waals surface area contributed by atoms with Crippen molar-refractivity contribution >= 4 is 15.9 Å². The van der Waals surface area contributed by atoms with Crippen molar-refractivity contribution in [3.8, 4) is 0 Å². The first kappa shape index (κ1) is 16.9. The van der Waals surface area contributed by atoms with Crippen LogP contribution < -0.4 is 5.32 Å². The molecule has 1 aromatic carbocycles. The first-order valence-electron chi connectivity index (χ1n) is 8.01. The van der Waals surface area contributed by atoms with Crippen LogP contribution in [0.1, 0.15) is 44.1 Å². The molecule has 0 atom stereocenters. The van der Waals surface area contributed by atoms with Crippen molar-refractivity contribution in [2.45, 2.75) is 51.1 Å². The molecule has 0 unspecified atom stereocenters. The Labute approximate surface area is 136 Å². The van der Waals surface area contributed by atoms with Gasteiger partial charge in [0.25, 0.3) is 0 Å². The summed E-state index contributed by atoms with van der Waals surface area (Å²) in [5.41, 5.74) is 0.997. The summed E-state index contributed by atoms with van der Waals surface area (Å²) in [6.07, 6.45) is 8.07. The lowest BCUT2D eigenvalue weighted by atomic mass is 9.94. The molecule has 4 heteroatoms. The molecule has 0 saturated heterocycles. The largest absolute Gasteiger partial charge is 0.313 e. The lowest BCUT2D eigenvalue weighted by Gasteiger charge is -2.31. The van der Waals surface area contributed by atoms with Crippen molar-refractivity contribution in [2.24, 2.45) is 0 Å². The molecular weight excluding hydrogens is 331 g/mol. The summed E-state index contributed by atoms with van der Waals surface area (Å²) in [5.74, 6) is -0.189. The normalized spacial score (nSPS) is 16.6. The summed E-state index contributed by atoms with van der Waals surface area (Å²) in [5, 5.41) is 3.40. The highest BCUT2D eigenvalue weighted by Crippen LogP contribution is 2.21. The van der Waals surface area contributed by atoms with Gasteiger partial charge in [0.2, 0.25) is 0 Å². The van der Waals surface area contributed by atoms with Crippen LogP contribution in [-0.4, -0.2) is 31.1 Å². The second-order valence-electron chi connectivity index (χ2n) is 6.05. The first-order valence-corrected chi connectivity index (χ1v) is 8.81. The minimum Gasteiger partial charge on any atom is -0.313 e. The van der Waals surface area contributed by atoms with Crippen LogP contribution >= 0.6 is 15.9 Å². The van der Waals surface area contributed by atoms with E-state index in [-0.39, 0.29) is 5.82 Å². The molecule has 0 heterocycles. The molecule has 1 aliphatic carbocycles. The van der Waals surface area contributed by atoms with Crippen LogP contribution in [0, 0.1) is 5.82 Å². The molecule has 0 spiro atoms. The van der Waals surface area contributed by atoms with Gasteiger partial charge in [0, 0.05) is 12.6 Å². The molecular formula is C17H26BrFN2. The standard InChI is InChI=1S/C17H26BrFN2/c1-21(15-6-3-2-4-7-15)11-5-10-20-13-14-8-9-16(18)17(19)12-14/h8-9,12,15,20H,2-7,10-11,13H2,1H3. The summed E-state index contributed by atoms with van der Waals surface area (Å²) >= 11 is 3.18. The van der Waals surface area contributed by atoms with Crippen LogP contribution in [0.5, 0.6) is 0 Å². The molecule has 1 fully saturated rings. The number of nitrogens with zero attached hydrogens (tertiary/aromatic N) is 1. The van der Waals surface area contributed by atoms with E-state index < -0.39 is 0 Å². The maximum atomic E-state index is 13.4. The maximum absolute atomic E-state index is 13.4. The predicted octanol–water partition coefficient (Wildman–Crippen LogP) is 4.33. The average Bonchev–Trinajstić information content (AvgIpc) is 2.51. The fourth-order valence-electron chi connectivity index (χ4n) is 3.04. The zero-order chi connectivity index (χ0) is 15.1. The Morgan fingerprint density at radius 1 is 1.29 bits per heavy atom. The van der Waals surface area contributed by atoms with Gasteiger partial charge in [-0.3, -0.25) is 0 Å². The fraction of sp³-hybridized carbons (Fsp3) is 0.647. The van der Waals surface area contributed by atoms with Crippen molar-refractivity contribution in [3.05, 3.63) is 34.1 Å². The Hall–Kier alpha value is -0.450. The molecule has 0 aliphatic heterocycles. The van der Waals surface area contributed by atoms with Crippen molar-refractivity contribution in [1.29, 1.82) is 0 Å². The Morgan fingerprint density at radius 2 is 2.05 bits per heavy atom. The number of nitrogens with one attached hydrogen (secondary N) is 1. The Morgan fingerprint density at radius 3 is 2.76 bits per heavy atom. The van der Waals surface area contributed by atoms with Gasteiger partial charge in [0.1, 0.15) is 5.82 Å². The van der Waals surface area contributed by atoms with E-state index in [9.17, 15) is 4.39 Å². The molecule has 0 amide bonds. The highest BCUT2D eigenvalue weighted by molar-refractivity contribution is 9.10. The van der Waals surface area contributed by atoms with E-state index in [1.54, 1.807) is 12.1 Å². The number of hydrogen-bond donors (Lipinski definition) is 1. The Kier molecular flexibility index (Phi) is 7.14. The average molecular weight is 357 g/mol. The minimum absolute atomic E-state index is 0.189. The fourth-order valence-corrected chi connectivity index (χ4v) is 3.29. The van der Waals surface area contributed by atoms with Crippen LogP contribution in [0.25, 0.3) is 0 Å². The third-order valence-electron chi connectivity index (χ3n) is 4.38. The van der Waals surface area contributed by atoms with E-state index in [1.165, 1.54) is 32.1 Å². The van der Waals surface area contributed by atoms with E-state index >= 15 is 0 Å². The smallest absolute Gasteiger partial charge is 0.137 e. The molecule has 0 radical (unpaired) electrons. The zero-order valence-electron chi connectivity index (χ0n) is 12.9. The van der Waals surface area contributed by atoms with Crippen LogP contribution in [0.3, 0.4) is 0 Å². The van der Waals surface area contributed by atoms with Gasteiger partial charge in [0.15, 0.2) is 0 Å². The number of hydrogen-bond acceptors (Lipinski definition) is 2. The summed E-state index contributed by atoms with van der Waals surface area (Å²) < 4.78 is 13.9. The van der Waals surface area contributed by atoms with Crippen LogP contribution in [0.15, 0.2) is 22.7 Å². The van der Waals surface area contributed by atoms with Crippen LogP contribution in [-0.2, 0) is 6.54 Å². The highest BCUT2D eigenvalue weighted by Gasteiger charge is 2.17.